The highest BCUT2D eigenvalue weighted by atomic mass is 16.5. The summed E-state index contributed by atoms with van der Waals surface area (Å²) in [5.74, 6) is 1.28. The number of likely N-dealkylation sites (N-methyl/N-ethyl adjacent to an activating group) is 1. The van der Waals surface area contributed by atoms with Crippen molar-refractivity contribution in [3.05, 3.63) is 53.6 Å². The Hall–Kier alpha value is -3.22. The van der Waals surface area contributed by atoms with Gasteiger partial charge < -0.3 is 24.4 Å². The van der Waals surface area contributed by atoms with Crippen molar-refractivity contribution in [1.29, 1.82) is 0 Å². The van der Waals surface area contributed by atoms with Gasteiger partial charge in [0.1, 0.15) is 5.75 Å². The van der Waals surface area contributed by atoms with E-state index in [-0.39, 0.29) is 25.0 Å². The minimum Gasteiger partial charge on any atom is -0.493 e. The average molecular weight is 386 g/mol. The normalized spacial score (nSPS) is 10.1. The first-order valence-corrected chi connectivity index (χ1v) is 8.85. The molecule has 0 atom stereocenters. The molecule has 0 aromatic heterocycles. The Bertz CT molecular complexity index is 820. The summed E-state index contributed by atoms with van der Waals surface area (Å²) in [6.07, 6.45) is 0. The Morgan fingerprint density at radius 3 is 2.36 bits per heavy atom. The van der Waals surface area contributed by atoms with Crippen molar-refractivity contribution in [3.63, 3.8) is 0 Å². The zero-order valence-corrected chi connectivity index (χ0v) is 16.7. The van der Waals surface area contributed by atoms with Crippen molar-refractivity contribution >= 4 is 11.8 Å². The zero-order valence-electron chi connectivity index (χ0n) is 16.7. The number of para-hydroxylation sites is 1. The third kappa shape index (κ3) is 6.19. The lowest BCUT2D eigenvalue weighted by atomic mass is 10.2. The van der Waals surface area contributed by atoms with E-state index in [4.69, 9.17) is 14.2 Å². The van der Waals surface area contributed by atoms with Crippen LogP contribution in [0.3, 0.4) is 0 Å². The first-order chi connectivity index (χ1) is 13.4. The maximum absolute atomic E-state index is 12.0. The number of carbonyl (C=O) groups is 2. The van der Waals surface area contributed by atoms with Gasteiger partial charge in [0.15, 0.2) is 24.7 Å². The lowest BCUT2D eigenvalue weighted by molar-refractivity contribution is -0.130. The van der Waals surface area contributed by atoms with Crippen LogP contribution < -0.4 is 19.5 Å². The topological polar surface area (TPSA) is 77.1 Å². The fourth-order valence-electron chi connectivity index (χ4n) is 2.32. The van der Waals surface area contributed by atoms with Crippen LogP contribution in [0.15, 0.2) is 42.5 Å². The number of nitrogens with one attached hydrogen (secondary N) is 1. The highest BCUT2D eigenvalue weighted by Crippen LogP contribution is 2.28. The molecule has 7 heteroatoms. The molecule has 2 aromatic carbocycles. The minimum atomic E-state index is -0.223. The molecular weight excluding hydrogens is 360 g/mol. The van der Waals surface area contributed by atoms with Gasteiger partial charge in [-0.05, 0) is 36.2 Å². The molecule has 0 aliphatic heterocycles. The van der Waals surface area contributed by atoms with Crippen LogP contribution in [0.2, 0.25) is 0 Å². The second-order valence-electron chi connectivity index (χ2n) is 6.39. The van der Waals surface area contributed by atoms with Crippen LogP contribution in [0.25, 0.3) is 0 Å². The van der Waals surface area contributed by atoms with E-state index in [0.717, 1.165) is 11.1 Å². The first-order valence-electron chi connectivity index (χ1n) is 8.85. The van der Waals surface area contributed by atoms with Crippen LogP contribution in [0.1, 0.15) is 11.1 Å². The van der Waals surface area contributed by atoms with E-state index in [2.05, 4.69) is 5.32 Å². The standard InChI is InChI=1S/C21H26N2O5/c1-15-7-5-6-8-17(15)27-13-20(24)22-12-16-9-10-18(19(11-16)26-4)28-14-21(25)23(2)3/h5-11H,12-14H2,1-4H3,(H,22,24). The smallest absolute Gasteiger partial charge is 0.259 e. The van der Waals surface area contributed by atoms with Gasteiger partial charge in [-0.15, -0.1) is 0 Å². The molecule has 0 aliphatic carbocycles. The van der Waals surface area contributed by atoms with Gasteiger partial charge in [-0.25, -0.2) is 0 Å². The second-order valence-corrected chi connectivity index (χ2v) is 6.39. The minimum absolute atomic E-state index is 0.0597. The first kappa shape index (κ1) is 21.1. The second kappa shape index (κ2) is 10.2. The van der Waals surface area contributed by atoms with Gasteiger partial charge in [0, 0.05) is 20.6 Å². The summed E-state index contributed by atoms with van der Waals surface area (Å²) in [6.45, 7) is 2.12. The number of nitrogens with zero attached hydrogens (tertiary/aromatic N) is 1. The van der Waals surface area contributed by atoms with Crippen LogP contribution in [0.4, 0.5) is 0 Å². The molecule has 0 heterocycles. The van der Waals surface area contributed by atoms with Gasteiger partial charge in [-0.2, -0.15) is 0 Å². The molecule has 0 radical (unpaired) electrons. The van der Waals surface area contributed by atoms with Crippen molar-refractivity contribution in [2.75, 3.05) is 34.4 Å². The molecule has 2 rings (SSSR count). The van der Waals surface area contributed by atoms with Gasteiger partial charge >= 0.3 is 0 Å². The quantitative estimate of drug-likeness (QED) is 0.715. The number of aryl methyl sites for hydroxylation is 1. The van der Waals surface area contributed by atoms with Crippen LogP contribution in [0, 0.1) is 6.92 Å². The van der Waals surface area contributed by atoms with Crippen molar-refractivity contribution in [1.82, 2.24) is 10.2 Å². The summed E-state index contributed by atoms with van der Waals surface area (Å²) in [5, 5.41) is 2.80. The molecule has 0 saturated heterocycles. The summed E-state index contributed by atoms with van der Waals surface area (Å²) >= 11 is 0. The lowest BCUT2D eigenvalue weighted by Crippen LogP contribution is -2.28. The Balaban J connectivity index is 1.87. The van der Waals surface area contributed by atoms with Gasteiger partial charge in [-0.3, -0.25) is 9.59 Å². The van der Waals surface area contributed by atoms with Gasteiger partial charge in [0.05, 0.1) is 7.11 Å². The fraction of sp³-hybridized carbons (Fsp3) is 0.333. The molecule has 0 spiro atoms. The van der Waals surface area contributed by atoms with Crippen molar-refractivity contribution < 1.29 is 23.8 Å². The fourth-order valence-corrected chi connectivity index (χ4v) is 2.32. The third-order valence-corrected chi connectivity index (χ3v) is 4.02. The highest BCUT2D eigenvalue weighted by Gasteiger charge is 2.11. The average Bonchev–Trinajstić information content (AvgIpc) is 2.69. The molecule has 0 unspecified atom stereocenters. The molecule has 1 N–H and O–H groups in total. The molecule has 7 nitrogen and oxygen atoms in total. The Morgan fingerprint density at radius 2 is 1.68 bits per heavy atom. The highest BCUT2D eigenvalue weighted by molar-refractivity contribution is 5.78. The largest absolute Gasteiger partial charge is 0.493 e. The molecule has 0 bridgehead atoms. The molecule has 0 saturated carbocycles. The van der Waals surface area contributed by atoms with E-state index in [1.807, 2.05) is 31.2 Å². The number of hydrogen-bond donors (Lipinski definition) is 1. The molecule has 150 valence electrons. The van der Waals surface area contributed by atoms with Crippen molar-refractivity contribution in [2.24, 2.45) is 0 Å². The predicted molar refractivity (Wildman–Crippen MR) is 106 cm³/mol. The van der Waals surface area contributed by atoms with Crippen LogP contribution in [0.5, 0.6) is 17.2 Å². The van der Waals surface area contributed by atoms with Crippen molar-refractivity contribution in [3.8, 4) is 17.2 Å². The molecule has 0 aliphatic rings. The SMILES string of the molecule is COc1cc(CNC(=O)COc2ccccc2C)ccc1OCC(=O)N(C)C. The number of benzene rings is 2. The molecule has 0 fully saturated rings. The summed E-state index contributed by atoms with van der Waals surface area (Å²) in [7, 11) is 4.85. The predicted octanol–water partition coefficient (Wildman–Crippen LogP) is 2.17. The van der Waals surface area contributed by atoms with Crippen LogP contribution >= 0.6 is 0 Å². The van der Waals surface area contributed by atoms with Gasteiger partial charge in [0.25, 0.3) is 11.8 Å². The summed E-state index contributed by atoms with van der Waals surface area (Å²) in [4.78, 5) is 25.1. The van der Waals surface area contributed by atoms with Gasteiger partial charge in [0.2, 0.25) is 0 Å². The summed E-state index contributed by atoms with van der Waals surface area (Å²) < 4.78 is 16.4. The summed E-state index contributed by atoms with van der Waals surface area (Å²) in [5.41, 5.74) is 1.82. The van der Waals surface area contributed by atoms with Crippen molar-refractivity contribution in [2.45, 2.75) is 13.5 Å². The van der Waals surface area contributed by atoms with E-state index in [1.165, 1.54) is 12.0 Å². The van der Waals surface area contributed by atoms with E-state index in [1.54, 1.807) is 32.3 Å². The number of hydrogen-bond acceptors (Lipinski definition) is 5. The molecule has 28 heavy (non-hydrogen) atoms. The number of ether oxygens (including phenoxy) is 3. The van der Waals surface area contributed by atoms with Crippen LogP contribution in [-0.2, 0) is 16.1 Å². The van der Waals surface area contributed by atoms with Gasteiger partial charge in [-0.1, -0.05) is 24.3 Å². The lowest BCUT2D eigenvalue weighted by Gasteiger charge is -2.14. The number of rotatable bonds is 9. The Kier molecular flexibility index (Phi) is 7.68. The van der Waals surface area contributed by atoms with E-state index in [0.29, 0.717) is 23.8 Å². The number of amides is 2. The number of methoxy groups -OCH3 is 1. The van der Waals surface area contributed by atoms with Crippen LogP contribution in [-0.4, -0.2) is 51.1 Å². The summed E-state index contributed by atoms with van der Waals surface area (Å²) in [6, 6.07) is 12.8. The third-order valence-electron chi connectivity index (χ3n) is 4.02. The van der Waals surface area contributed by atoms with E-state index in [9.17, 15) is 9.59 Å². The number of carbonyl (C=O) groups excluding carboxylic acids is 2. The maximum atomic E-state index is 12.0. The van der Waals surface area contributed by atoms with E-state index < -0.39 is 0 Å². The monoisotopic (exact) mass is 386 g/mol. The maximum Gasteiger partial charge on any atom is 0.259 e. The molecular formula is C21H26N2O5. The Morgan fingerprint density at radius 1 is 0.964 bits per heavy atom. The molecule has 2 aromatic rings. The zero-order chi connectivity index (χ0) is 20.5. The Labute approximate surface area is 165 Å². The molecule has 2 amide bonds. The van der Waals surface area contributed by atoms with E-state index >= 15 is 0 Å².